The molecule has 3 aromatic heterocycles. The van der Waals surface area contributed by atoms with Crippen molar-refractivity contribution in [1.29, 1.82) is 0 Å². The molecule has 0 bridgehead atoms. The molecule has 0 radical (unpaired) electrons. The molecule has 72 heavy (non-hydrogen) atoms. The maximum atomic E-state index is 13.6. The van der Waals surface area contributed by atoms with Crippen LogP contribution >= 0.6 is 11.3 Å². The molecule has 11 rings (SSSR count). The van der Waals surface area contributed by atoms with Crippen molar-refractivity contribution in [2.75, 3.05) is 48.3 Å². The summed E-state index contributed by atoms with van der Waals surface area (Å²) in [5, 5.41) is 24.9. The largest absolute Gasteiger partial charge is 0.493 e. The topological polar surface area (TPSA) is 201 Å². The lowest BCUT2D eigenvalue weighted by molar-refractivity contribution is -0.134. The molecule has 4 amide bonds. The van der Waals surface area contributed by atoms with Crippen LogP contribution in [0.2, 0.25) is 0 Å². The molecule has 1 saturated carbocycles. The number of hydrogen-bond donors (Lipinski definition) is 4. The number of nitrogens with one attached hydrogen (secondary N) is 3. The Hall–Kier alpha value is -7.50. The van der Waals surface area contributed by atoms with E-state index >= 15 is 0 Å². The minimum absolute atomic E-state index is 0.0320. The van der Waals surface area contributed by atoms with Crippen LogP contribution < -0.4 is 25.6 Å². The zero-order chi connectivity index (χ0) is 49.6. The van der Waals surface area contributed by atoms with E-state index in [0.29, 0.717) is 90.3 Å². The standard InChI is InChI=1S/C55H55N9O7S/c1-31-24-37(71-30-35-26-34(35)25-32-18-21-63(22-19-32)29-49(66)56-36-10-12-41-45(27-36)62(2)61-50(41)42-15-17-48(65)59-53(42)68)11-13-38(31)39-14-16-47(58-51(39)54(69)70)64-23-20-33-6-5-7-40(43(33)28-64)52(67)60-55-57-44-8-3-4-9-46(44)72-55/h3-14,16,24,27,32,34-35,42H,15,17-23,25-26,28-30H2,1-2H3,(H,56,66)(H,69,70)(H,57,60,67)(H,59,65,68)/t34-,35-,42?/m0/s1. The first-order valence-corrected chi connectivity index (χ1v) is 25.6. The smallest absolute Gasteiger partial charge is 0.355 e. The number of fused-ring (bicyclic) bond motifs is 3. The molecule has 3 fully saturated rings. The number of aromatic carboxylic acids is 1. The highest BCUT2D eigenvalue weighted by Gasteiger charge is 2.40. The summed E-state index contributed by atoms with van der Waals surface area (Å²) in [6.45, 7) is 5.69. The van der Waals surface area contributed by atoms with Gasteiger partial charge in [-0.25, -0.2) is 14.8 Å². The number of para-hydroxylation sites is 1. The molecule has 0 spiro atoms. The van der Waals surface area contributed by atoms with Crippen molar-refractivity contribution in [1.82, 2.24) is 30.0 Å². The number of pyridine rings is 1. The van der Waals surface area contributed by atoms with Crippen LogP contribution in [0, 0.1) is 24.7 Å². The van der Waals surface area contributed by atoms with Crippen LogP contribution in [-0.2, 0) is 34.4 Å². The Morgan fingerprint density at radius 3 is 2.51 bits per heavy atom. The van der Waals surface area contributed by atoms with Gasteiger partial charge < -0.3 is 20.1 Å². The number of hydrogen-bond acceptors (Lipinski definition) is 12. The first-order chi connectivity index (χ1) is 34.9. The molecular weight excluding hydrogens is 931 g/mol. The monoisotopic (exact) mass is 985 g/mol. The van der Waals surface area contributed by atoms with Crippen molar-refractivity contribution in [3.8, 4) is 16.9 Å². The van der Waals surface area contributed by atoms with Crippen molar-refractivity contribution in [3.63, 3.8) is 0 Å². The number of likely N-dealkylation sites (tertiary alicyclic amines) is 1. The fraction of sp³-hybridized carbons (Fsp3) is 0.345. The van der Waals surface area contributed by atoms with E-state index in [1.807, 2.05) is 110 Å². The van der Waals surface area contributed by atoms with Crippen LogP contribution in [0.1, 0.15) is 87.7 Å². The Balaban J connectivity index is 0.647. The van der Waals surface area contributed by atoms with E-state index in [-0.39, 0.29) is 35.7 Å². The Morgan fingerprint density at radius 2 is 1.71 bits per heavy atom. The number of carboxylic acids is 1. The molecule has 4 N–H and O–H groups in total. The van der Waals surface area contributed by atoms with E-state index < -0.39 is 11.9 Å². The summed E-state index contributed by atoms with van der Waals surface area (Å²) in [4.78, 5) is 77.3. The molecule has 16 nitrogen and oxygen atoms in total. The molecule has 4 aromatic carbocycles. The van der Waals surface area contributed by atoms with E-state index in [2.05, 4.69) is 30.9 Å². The molecular formula is C55H55N9O7S. The predicted octanol–water partition coefficient (Wildman–Crippen LogP) is 8.34. The van der Waals surface area contributed by atoms with Gasteiger partial charge in [0.15, 0.2) is 10.8 Å². The van der Waals surface area contributed by atoms with Gasteiger partial charge in [0.2, 0.25) is 17.7 Å². The number of amides is 4. The SMILES string of the molecule is Cc1cc(OC[C@@H]2C[C@@H]2CC2CCN(CC(=O)Nc3ccc4c(C5CCC(=O)NC5=O)nn(C)c4c3)CC2)ccc1-c1ccc(N2CCc3cccc(C(=O)Nc4nc5ccccc5s4)c3C2)nc1C(=O)O. The zero-order valence-corrected chi connectivity index (χ0v) is 41.0. The Bertz CT molecular complexity index is 3270. The number of nitrogens with zero attached hydrogens (tertiary/aromatic N) is 6. The number of ether oxygens (including phenoxy) is 1. The summed E-state index contributed by atoms with van der Waals surface area (Å²) in [5.74, 6) is 0.524. The van der Waals surface area contributed by atoms with E-state index in [4.69, 9.17) is 9.72 Å². The second kappa shape index (κ2) is 19.6. The lowest BCUT2D eigenvalue weighted by atomic mass is 9.91. The number of aryl methyl sites for hydroxylation is 2. The third-order valence-corrected chi connectivity index (χ3v) is 15.9. The molecule has 3 atom stereocenters. The zero-order valence-electron chi connectivity index (χ0n) is 40.2. The Labute approximate surface area is 419 Å². The van der Waals surface area contributed by atoms with Crippen molar-refractivity contribution < 1.29 is 33.8 Å². The third kappa shape index (κ3) is 9.78. The molecule has 3 aliphatic heterocycles. The second-order valence-electron chi connectivity index (χ2n) is 19.7. The fourth-order valence-corrected chi connectivity index (χ4v) is 11.8. The molecule has 1 unspecified atom stereocenters. The van der Waals surface area contributed by atoms with Crippen LogP contribution in [0.25, 0.3) is 32.2 Å². The molecule has 17 heteroatoms. The lowest BCUT2D eigenvalue weighted by Crippen LogP contribution is -2.39. The minimum Gasteiger partial charge on any atom is -0.493 e. The van der Waals surface area contributed by atoms with Crippen LogP contribution in [0.3, 0.4) is 0 Å². The van der Waals surface area contributed by atoms with E-state index in [9.17, 15) is 29.1 Å². The number of anilines is 3. The fourth-order valence-electron chi connectivity index (χ4n) is 10.9. The molecule has 6 heterocycles. The van der Waals surface area contributed by atoms with Gasteiger partial charge in [-0.2, -0.15) is 5.10 Å². The number of thiazole rings is 1. The first kappa shape index (κ1) is 46.9. The Kier molecular flexibility index (Phi) is 12.8. The third-order valence-electron chi connectivity index (χ3n) is 14.9. The second-order valence-corrected chi connectivity index (χ2v) is 20.7. The lowest BCUT2D eigenvalue weighted by Gasteiger charge is -2.31. The summed E-state index contributed by atoms with van der Waals surface area (Å²) < 4.78 is 9.03. The number of carbonyl (C=O) groups excluding carboxylic acids is 4. The normalized spacial score (nSPS) is 19.2. The van der Waals surface area contributed by atoms with E-state index in [0.717, 1.165) is 87.9 Å². The van der Waals surface area contributed by atoms with Gasteiger partial charge in [-0.05, 0) is 159 Å². The van der Waals surface area contributed by atoms with Gasteiger partial charge >= 0.3 is 5.97 Å². The minimum atomic E-state index is -1.11. The van der Waals surface area contributed by atoms with Crippen molar-refractivity contribution in [3.05, 3.63) is 125 Å². The van der Waals surface area contributed by atoms with Gasteiger partial charge in [0.1, 0.15) is 11.6 Å². The van der Waals surface area contributed by atoms with Crippen LogP contribution in [0.4, 0.5) is 16.6 Å². The van der Waals surface area contributed by atoms with Crippen molar-refractivity contribution >= 4 is 78.7 Å². The molecule has 7 aromatic rings. The molecule has 4 aliphatic rings. The van der Waals surface area contributed by atoms with Gasteiger partial charge in [-0.15, -0.1) is 0 Å². The van der Waals surface area contributed by atoms with Crippen LogP contribution in [-0.4, -0.2) is 92.1 Å². The van der Waals surface area contributed by atoms with Crippen LogP contribution in [0.15, 0.2) is 91.0 Å². The van der Waals surface area contributed by atoms with Gasteiger partial charge in [0, 0.05) is 48.8 Å². The maximum absolute atomic E-state index is 13.6. The maximum Gasteiger partial charge on any atom is 0.355 e. The number of carbonyl (C=O) groups is 5. The van der Waals surface area contributed by atoms with E-state index in [1.165, 1.54) is 11.3 Å². The van der Waals surface area contributed by atoms with E-state index in [1.54, 1.807) is 4.68 Å². The molecule has 2 saturated heterocycles. The average Bonchev–Trinajstić information content (AvgIpc) is 3.85. The number of piperidine rings is 2. The Morgan fingerprint density at radius 1 is 0.875 bits per heavy atom. The first-order valence-electron chi connectivity index (χ1n) is 24.7. The highest BCUT2D eigenvalue weighted by atomic mass is 32.1. The number of benzene rings is 4. The summed E-state index contributed by atoms with van der Waals surface area (Å²) >= 11 is 1.43. The summed E-state index contributed by atoms with van der Waals surface area (Å²) in [6, 6.07) is 28.6. The number of rotatable bonds is 14. The predicted molar refractivity (Wildman–Crippen MR) is 275 cm³/mol. The van der Waals surface area contributed by atoms with Crippen molar-refractivity contribution in [2.45, 2.75) is 64.3 Å². The number of aromatic nitrogens is 4. The van der Waals surface area contributed by atoms with Gasteiger partial charge in [0.25, 0.3) is 5.91 Å². The van der Waals surface area contributed by atoms with Crippen molar-refractivity contribution in [2.24, 2.45) is 24.8 Å². The molecule has 368 valence electrons. The highest BCUT2D eigenvalue weighted by molar-refractivity contribution is 7.22. The number of carboxylic acid groups (broad SMARTS) is 1. The van der Waals surface area contributed by atoms with Gasteiger partial charge in [-0.3, -0.25) is 39.4 Å². The summed E-state index contributed by atoms with van der Waals surface area (Å²) in [6.07, 6.45) is 5.78. The number of imide groups is 1. The summed E-state index contributed by atoms with van der Waals surface area (Å²) in [7, 11) is 1.81. The highest BCUT2D eigenvalue weighted by Crippen LogP contribution is 2.45. The molecule has 1 aliphatic carbocycles. The quantitative estimate of drug-likeness (QED) is 0.0761. The van der Waals surface area contributed by atoms with Gasteiger partial charge in [-0.1, -0.05) is 41.7 Å². The average molecular weight is 986 g/mol. The van der Waals surface area contributed by atoms with Crippen LogP contribution in [0.5, 0.6) is 5.75 Å². The van der Waals surface area contributed by atoms with Gasteiger partial charge in [0.05, 0.1) is 40.5 Å². The summed E-state index contributed by atoms with van der Waals surface area (Å²) in [5.41, 5.74) is 7.65.